The minimum absolute atomic E-state index is 0.304. The number of esters is 1. The van der Waals surface area contributed by atoms with Crippen LogP contribution in [0, 0.1) is 0 Å². The molecule has 0 amide bonds. The number of hydrogen-bond acceptors (Lipinski definition) is 2. The summed E-state index contributed by atoms with van der Waals surface area (Å²) in [6, 6.07) is 0. The highest BCUT2D eigenvalue weighted by Crippen LogP contribution is 2.46. The maximum atomic E-state index is 10.8. The molecule has 0 aliphatic carbocycles. The summed E-state index contributed by atoms with van der Waals surface area (Å²) in [5.41, 5.74) is 0. The van der Waals surface area contributed by atoms with Gasteiger partial charge in [0.25, 0.3) is 0 Å². The van der Waals surface area contributed by atoms with Crippen LogP contribution in [0.3, 0.4) is 0 Å². The van der Waals surface area contributed by atoms with E-state index in [1.54, 1.807) is 0 Å². The monoisotopic (exact) mass is 218 g/mol. The fourth-order valence-electron chi connectivity index (χ4n) is 1.42. The quantitative estimate of drug-likeness (QED) is 0.485. The Morgan fingerprint density at radius 1 is 1.29 bits per heavy atom. The van der Waals surface area contributed by atoms with Gasteiger partial charge in [0.05, 0.1) is 6.61 Å². The van der Waals surface area contributed by atoms with Crippen molar-refractivity contribution in [3.63, 3.8) is 0 Å². The highest BCUT2D eigenvalue weighted by atomic mass is 32.3. The lowest BCUT2D eigenvalue weighted by Crippen LogP contribution is -2.18. The molecule has 2 nitrogen and oxygen atoms in total. The van der Waals surface area contributed by atoms with Crippen molar-refractivity contribution in [2.75, 3.05) is 29.6 Å². The van der Waals surface area contributed by atoms with E-state index in [2.05, 4.69) is 27.4 Å². The molecule has 0 radical (unpaired) electrons. The van der Waals surface area contributed by atoms with Crippen LogP contribution in [0.15, 0.2) is 12.7 Å². The average molecular weight is 218 g/mol. The van der Waals surface area contributed by atoms with Crippen LogP contribution in [-0.4, -0.2) is 35.6 Å². The van der Waals surface area contributed by atoms with Crippen LogP contribution in [0.4, 0.5) is 0 Å². The van der Waals surface area contributed by atoms with Gasteiger partial charge < -0.3 is 4.74 Å². The zero-order chi connectivity index (χ0) is 11.0. The zero-order valence-electron chi connectivity index (χ0n) is 9.54. The fourth-order valence-corrected chi connectivity index (χ4v) is 3.95. The van der Waals surface area contributed by atoms with Gasteiger partial charge in [0.2, 0.25) is 0 Å². The third-order valence-corrected chi connectivity index (χ3v) is 7.47. The molecular formula is C11H22O2S. The summed E-state index contributed by atoms with van der Waals surface area (Å²) >= 11 is 0. The summed E-state index contributed by atoms with van der Waals surface area (Å²) in [5, 5.41) is 0. The number of rotatable bonds is 7. The molecule has 0 aromatic heterocycles. The molecule has 0 rings (SSSR count). The van der Waals surface area contributed by atoms with Crippen LogP contribution in [0.2, 0.25) is 0 Å². The van der Waals surface area contributed by atoms with Gasteiger partial charge in [-0.15, -0.1) is 0 Å². The number of ether oxygens (including phenoxy) is 1. The largest absolute Gasteiger partial charge is 0.462 e. The second kappa shape index (κ2) is 6.93. The first-order valence-electron chi connectivity index (χ1n) is 5.17. The van der Waals surface area contributed by atoms with Gasteiger partial charge in [-0.05, 0) is 17.3 Å². The van der Waals surface area contributed by atoms with E-state index in [0.717, 1.165) is 5.75 Å². The Hall–Kier alpha value is -0.440. The summed E-state index contributed by atoms with van der Waals surface area (Å²) in [4.78, 5) is 10.8. The van der Waals surface area contributed by atoms with Crippen molar-refractivity contribution in [3.8, 4) is 0 Å². The lowest BCUT2D eigenvalue weighted by atomic mass is 10.6. The SMILES string of the molecule is C=CC(=O)OCCS(CC)(CC)CC. The molecule has 0 aliphatic heterocycles. The first-order valence-corrected chi connectivity index (χ1v) is 7.48. The van der Waals surface area contributed by atoms with E-state index >= 15 is 0 Å². The van der Waals surface area contributed by atoms with Gasteiger partial charge in [-0.2, -0.15) is 0 Å². The molecule has 0 aromatic carbocycles. The third-order valence-electron chi connectivity index (χ3n) is 2.76. The van der Waals surface area contributed by atoms with Gasteiger partial charge in [0.15, 0.2) is 0 Å². The van der Waals surface area contributed by atoms with Crippen LogP contribution in [-0.2, 0) is 9.53 Å². The second-order valence-electron chi connectivity index (χ2n) is 3.17. The molecule has 0 saturated heterocycles. The van der Waals surface area contributed by atoms with Gasteiger partial charge in [-0.3, -0.25) is 0 Å². The predicted molar refractivity (Wildman–Crippen MR) is 65.2 cm³/mol. The molecule has 0 atom stereocenters. The minimum Gasteiger partial charge on any atom is -0.462 e. The Bertz CT molecular complexity index is 177. The number of carbonyl (C=O) groups is 1. The topological polar surface area (TPSA) is 26.3 Å². The Kier molecular flexibility index (Phi) is 6.71. The Labute approximate surface area is 89.0 Å². The van der Waals surface area contributed by atoms with Gasteiger partial charge in [-0.25, -0.2) is 14.8 Å². The van der Waals surface area contributed by atoms with Crippen molar-refractivity contribution in [1.82, 2.24) is 0 Å². The highest BCUT2D eigenvalue weighted by Gasteiger charge is 2.17. The normalized spacial score (nSPS) is 12.2. The lowest BCUT2D eigenvalue weighted by molar-refractivity contribution is -0.137. The van der Waals surface area contributed by atoms with E-state index in [-0.39, 0.29) is 5.97 Å². The third kappa shape index (κ3) is 4.18. The molecule has 0 saturated carbocycles. The number of hydrogen-bond donors (Lipinski definition) is 0. The standard InChI is InChI=1S/C11H22O2S/c1-5-11(12)13-9-10-14(6-2,7-3)8-4/h5H,1,6-10H2,2-4H3. The first-order chi connectivity index (χ1) is 6.64. The lowest BCUT2D eigenvalue weighted by Gasteiger charge is -2.36. The highest BCUT2D eigenvalue weighted by molar-refractivity contribution is 8.33. The van der Waals surface area contributed by atoms with Crippen molar-refractivity contribution < 1.29 is 9.53 Å². The van der Waals surface area contributed by atoms with Crippen molar-refractivity contribution in [3.05, 3.63) is 12.7 Å². The van der Waals surface area contributed by atoms with Crippen molar-refractivity contribution >= 4 is 16.0 Å². The van der Waals surface area contributed by atoms with E-state index in [0.29, 0.717) is 6.61 Å². The molecule has 0 spiro atoms. The van der Waals surface area contributed by atoms with Crippen LogP contribution >= 0.6 is 10.0 Å². The maximum absolute atomic E-state index is 10.8. The zero-order valence-corrected chi connectivity index (χ0v) is 10.4. The summed E-state index contributed by atoms with van der Waals surface area (Å²) in [6.07, 6.45) is 1.22. The summed E-state index contributed by atoms with van der Waals surface area (Å²) in [7, 11) is -0.526. The van der Waals surface area contributed by atoms with Crippen molar-refractivity contribution in [2.24, 2.45) is 0 Å². The average Bonchev–Trinajstić information content (AvgIpc) is 2.25. The van der Waals surface area contributed by atoms with E-state index < -0.39 is 10.0 Å². The van der Waals surface area contributed by atoms with E-state index in [1.165, 1.54) is 23.3 Å². The molecular weight excluding hydrogens is 196 g/mol. The molecule has 0 N–H and O–H groups in total. The smallest absolute Gasteiger partial charge is 0.330 e. The summed E-state index contributed by atoms with van der Waals surface area (Å²) in [5.74, 6) is 4.42. The molecule has 0 bridgehead atoms. The second-order valence-corrected chi connectivity index (χ2v) is 7.76. The van der Waals surface area contributed by atoms with E-state index in [4.69, 9.17) is 4.74 Å². The van der Waals surface area contributed by atoms with Crippen molar-refractivity contribution in [2.45, 2.75) is 20.8 Å². The maximum Gasteiger partial charge on any atom is 0.330 e. The van der Waals surface area contributed by atoms with Crippen LogP contribution in [0.25, 0.3) is 0 Å². The Balaban J connectivity index is 3.94. The molecule has 0 aliphatic rings. The molecule has 0 aromatic rings. The first kappa shape index (κ1) is 13.6. The van der Waals surface area contributed by atoms with Gasteiger partial charge in [0.1, 0.15) is 0 Å². The Morgan fingerprint density at radius 2 is 1.79 bits per heavy atom. The van der Waals surface area contributed by atoms with Crippen LogP contribution < -0.4 is 0 Å². The van der Waals surface area contributed by atoms with E-state index in [1.807, 2.05) is 0 Å². The summed E-state index contributed by atoms with van der Waals surface area (Å²) in [6.45, 7) is 10.6. The molecule has 14 heavy (non-hydrogen) atoms. The van der Waals surface area contributed by atoms with Gasteiger partial charge in [-0.1, -0.05) is 27.4 Å². The predicted octanol–water partition coefficient (Wildman–Crippen LogP) is 2.58. The minimum atomic E-state index is -0.526. The molecule has 84 valence electrons. The molecule has 0 fully saturated rings. The number of carbonyl (C=O) groups excluding carboxylic acids is 1. The fraction of sp³-hybridized carbons (Fsp3) is 0.727. The van der Waals surface area contributed by atoms with Crippen molar-refractivity contribution in [1.29, 1.82) is 0 Å². The summed E-state index contributed by atoms with van der Waals surface area (Å²) < 4.78 is 5.02. The van der Waals surface area contributed by atoms with Gasteiger partial charge in [0, 0.05) is 11.8 Å². The van der Waals surface area contributed by atoms with E-state index in [9.17, 15) is 4.79 Å². The van der Waals surface area contributed by atoms with Gasteiger partial charge >= 0.3 is 5.97 Å². The molecule has 0 unspecified atom stereocenters. The van der Waals surface area contributed by atoms with Crippen LogP contribution in [0.1, 0.15) is 20.8 Å². The molecule has 3 heteroatoms. The Morgan fingerprint density at radius 3 is 2.14 bits per heavy atom. The van der Waals surface area contributed by atoms with Crippen LogP contribution in [0.5, 0.6) is 0 Å². The molecule has 0 heterocycles.